The number of benzene rings is 3. The van der Waals surface area contributed by atoms with Gasteiger partial charge in [0.1, 0.15) is 5.75 Å². The normalized spacial score (nSPS) is 12.0. The Balaban J connectivity index is 2.04. The molecule has 0 aromatic heterocycles. The van der Waals surface area contributed by atoms with E-state index >= 15 is 0 Å². The van der Waals surface area contributed by atoms with Gasteiger partial charge in [0.05, 0.1) is 30.7 Å². The second-order valence-corrected chi connectivity index (χ2v) is 8.92. The minimum Gasteiger partial charge on any atom is -0.497 e. The van der Waals surface area contributed by atoms with E-state index in [2.05, 4.69) is 10.6 Å². The first-order chi connectivity index (χ1) is 15.3. The minimum absolute atomic E-state index is 0.0815. The van der Waals surface area contributed by atoms with Crippen molar-refractivity contribution in [3.05, 3.63) is 60.7 Å². The third-order valence-electron chi connectivity index (χ3n) is 5.09. The molecule has 0 heterocycles. The summed E-state index contributed by atoms with van der Waals surface area (Å²) in [6, 6.07) is 16.5. The molecule has 0 aliphatic rings. The summed E-state index contributed by atoms with van der Waals surface area (Å²) in [7, 11) is -2.32. The Labute approximate surface area is 187 Å². The Kier molecular flexibility index (Phi) is 6.91. The predicted octanol–water partition coefficient (Wildman–Crippen LogP) is 3.95. The molecule has 0 radical (unpaired) electrons. The lowest BCUT2D eigenvalue weighted by Gasteiger charge is -2.30. The maximum Gasteiger partial charge on any atom is 0.305 e. The molecule has 3 aromatic rings. The van der Waals surface area contributed by atoms with Gasteiger partial charge in [-0.05, 0) is 43.3 Å². The fourth-order valence-corrected chi connectivity index (χ4v) is 4.60. The molecule has 0 unspecified atom stereocenters. The highest BCUT2D eigenvalue weighted by Gasteiger charge is 2.21. The molecule has 2 N–H and O–H groups in total. The van der Waals surface area contributed by atoms with Gasteiger partial charge in [-0.25, -0.2) is 8.42 Å². The number of methoxy groups -OCH3 is 1. The van der Waals surface area contributed by atoms with Crippen LogP contribution < -0.4 is 14.4 Å². The van der Waals surface area contributed by atoms with Gasteiger partial charge >= 0.3 is 5.97 Å². The monoisotopic (exact) mass is 452 g/mol. The fourth-order valence-electron chi connectivity index (χ4n) is 3.52. The SMILES string of the molecule is C#CCN(c1ccc(NS(=O)(=O)c2ccc(OC)cc2)c2ccccc12)[C@@H](C)CC(=O)O. The van der Waals surface area contributed by atoms with Gasteiger partial charge < -0.3 is 14.7 Å². The van der Waals surface area contributed by atoms with Crippen LogP contribution in [0.3, 0.4) is 0 Å². The maximum absolute atomic E-state index is 12.9. The summed E-state index contributed by atoms with van der Waals surface area (Å²) in [5.74, 6) is 2.21. The van der Waals surface area contributed by atoms with Crippen molar-refractivity contribution < 1.29 is 23.1 Å². The maximum atomic E-state index is 12.9. The summed E-state index contributed by atoms with van der Waals surface area (Å²) in [5.41, 5.74) is 1.14. The fraction of sp³-hybridized carbons (Fsp3) is 0.208. The number of terminal acetylenes is 1. The number of nitrogens with one attached hydrogen (secondary N) is 1. The summed E-state index contributed by atoms with van der Waals surface area (Å²) in [6.45, 7) is 2.01. The lowest BCUT2D eigenvalue weighted by Crippen LogP contribution is -2.35. The standard InChI is InChI=1S/C24H24N2O5S/c1-4-15-26(17(2)16-24(27)28)23-14-13-22(20-7-5-6-8-21(20)23)25-32(29,30)19-11-9-18(31-3)10-12-19/h1,5-14,17,25H,15-16H2,2-3H3,(H,27,28)/t17-/m0/s1. The Morgan fingerprint density at radius 1 is 1.12 bits per heavy atom. The van der Waals surface area contributed by atoms with E-state index in [1.165, 1.54) is 19.2 Å². The average Bonchev–Trinajstić information content (AvgIpc) is 2.77. The molecule has 0 aliphatic carbocycles. The number of carbonyl (C=O) groups is 1. The third-order valence-corrected chi connectivity index (χ3v) is 6.47. The van der Waals surface area contributed by atoms with Gasteiger partial charge in [-0.3, -0.25) is 9.52 Å². The average molecular weight is 453 g/mol. The van der Waals surface area contributed by atoms with Crippen LogP contribution in [-0.4, -0.2) is 39.2 Å². The van der Waals surface area contributed by atoms with Crippen LogP contribution in [0.2, 0.25) is 0 Å². The molecule has 0 amide bonds. The Morgan fingerprint density at radius 3 is 2.38 bits per heavy atom. The molecule has 3 rings (SSSR count). The summed E-state index contributed by atoms with van der Waals surface area (Å²) in [4.78, 5) is 13.2. The summed E-state index contributed by atoms with van der Waals surface area (Å²) in [5, 5.41) is 10.6. The van der Waals surface area contributed by atoms with Crippen molar-refractivity contribution in [2.24, 2.45) is 0 Å². The van der Waals surface area contributed by atoms with Crippen LogP contribution in [0.1, 0.15) is 13.3 Å². The number of sulfonamides is 1. The largest absolute Gasteiger partial charge is 0.497 e. The van der Waals surface area contributed by atoms with E-state index in [4.69, 9.17) is 11.2 Å². The first-order valence-electron chi connectivity index (χ1n) is 9.87. The molecule has 3 aromatic carbocycles. The zero-order valence-electron chi connectivity index (χ0n) is 17.8. The Morgan fingerprint density at radius 2 is 1.78 bits per heavy atom. The summed E-state index contributed by atoms with van der Waals surface area (Å²) >= 11 is 0. The lowest BCUT2D eigenvalue weighted by atomic mass is 10.0. The van der Waals surface area contributed by atoms with E-state index in [0.29, 0.717) is 16.8 Å². The number of fused-ring (bicyclic) bond motifs is 1. The molecule has 1 atom stereocenters. The van der Waals surface area contributed by atoms with Gasteiger partial charge in [-0.1, -0.05) is 30.2 Å². The molecular weight excluding hydrogens is 428 g/mol. The number of hydrogen-bond acceptors (Lipinski definition) is 5. The van der Waals surface area contributed by atoms with Crippen LogP contribution in [0, 0.1) is 12.3 Å². The molecule has 0 saturated heterocycles. The molecular formula is C24H24N2O5S. The quantitative estimate of drug-likeness (QED) is 0.477. The van der Waals surface area contributed by atoms with E-state index in [1.54, 1.807) is 37.3 Å². The van der Waals surface area contributed by atoms with Crippen LogP contribution in [0.4, 0.5) is 11.4 Å². The van der Waals surface area contributed by atoms with Gasteiger partial charge in [-0.2, -0.15) is 0 Å². The van der Waals surface area contributed by atoms with Crippen molar-refractivity contribution in [1.82, 2.24) is 0 Å². The molecule has 7 nitrogen and oxygen atoms in total. The molecule has 166 valence electrons. The van der Waals surface area contributed by atoms with E-state index in [9.17, 15) is 18.3 Å². The molecule has 8 heteroatoms. The number of ether oxygens (including phenoxy) is 1. The lowest BCUT2D eigenvalue weighted by molar-refractivity contribution is -0.137. The van der Waals surface area contributed by atoms with E-state index in [-0.39, 0.29) is 23.9 Å². The second-order valence-electron chi connectivity index (χ2n) is 7.24. The third kappa shape index (κ3) is 4.95. The van der Waals surface area contributed by atoms with Gasteiger partial charge in [0.25, 0.3) is 10.0 Å². The summed E-state index contributed by atoms with van der Waals surface area (Å²) < 4.78 is 33.6. The molecule has 0 fully saturated rings. The zero-order chi connectivity index (χ0) is 23.3. The zero-order valence-corrected chi connectivity index (χ0v) is 18.6. The number of nitrogens with zero attached hydrogens (tertiary/aromatic N) is 1. The van der Waals surface area contributed by atoms with Crippen molar-refractivity contribution in [2.45, 2.75) is 24.3 Å². The van der Waals surface area contributed by atoms with Gasteiger partial charge in [0.2, 0.25) is 0 Å². The van der Waals surface area contributed by atoms with Crippen LogP contribution in [0.5, 0.6) is 5.75 Å². The first-order valence-corrected chi connectivity index (χ1v) is 11.4. The second kappa shape index (κ2) is 9.62. The topological polar surface area (TPSA) is 95.9 Å². The first kappa shape index (κ1) is 23.0. The van der Waals surface area contributed by atoms with Crippen molar-refractivity contribution in [3.8, 4) is 18.1 Å². The molecule has 0 bridgehead atoms. The van der Waals surface area contributed by atoms with E-state index in [0.717, 1.165) is 11.1 Å². The number of carboxylic acid groups (broad SMARTS) is 1. The molecule has 32 heavy (non-hydrogen) atoms. The molecule has 0 spiro atoms. The number of carboxylic acids is 1. The van der Waals surface area contributed by atoms with E-state index < -0.39 is 16.0 Å². The highest BCUT2D eigenvalue weighted by molar-refractivity contribution is 7.92. The molecule has 0 aliphatic heterocycles. The number of rotatable bonds is 9. The number of aliphatic carboxylic acids is 1. The van der Waals surface area contributed by atoms with Crippen LogP contribution in [0.25, 0.3) is 10.8 Å². The Hall–Kier alpha value is -3.70. The van der Waals surface area contributed by atoms with E-state index in [1.807, 2.05) is 23.1 Å². The van der Waals surface area contributed by atoms with Crippen LogP contribution in [0.15, 0.2) is 65.6 Å². The van der Waals surface area contributed by atoms with Crippen molar-refractivity contribution in [2.75, 3.05) is 23.3 Å². The number of hydrogen-bond donors (Lipinski definition) is 2. The Bertz CT molecular complexity index is 1260. The van der Waals surface area contributed by atoms with Crippen molar-refractivity contribution in [1.29, 1.82) is 0 Å². The predicted molar refractivity (Wildman–Crippen MR) is 126 cm³/mol. The highest BCUT2D eigenvalue weighted by Crippen LogP contribution is 2.34. The minimum atomic E-state index is -3.83. The smallest absolute Gasteiger partial charge is 0.305 e. The van der Waals surface area contributed by atoms with Gasteiger partial charge in [-0.15, -0.1) is 6.42 Å². The van der Waals surface area contributed by atoms with Crippen LogP contribution >= 0.6 is 0 Å². The van der Waals surface area contributed by atoms with Gasteiger partial charge in [0.15, 0.2) is 0 Å². The van der Waals surface area contributed by atoms with Crippen LogP contribution in [-0.2, 0) is 14.8 Å². The van der Waals surface area contributed by atoms with Crippen molar-refractivity contribution in [3.63, 3.8) is 0 Å². The highest BCUT2D eigenvalue weighted by atomic mass is 32.2. The van der Waals surface area contributed by atoms with Crippen molar-refractivity contribution >= 4 is 38.1 Å². The number of anilines is 2. The molecule has 0 saturated carbocycles. The van der Waals surface area contributed by atoms with Gasteiger partial charge in [0, 0.05) is 22.5 Å². The summed E-state index contributed by atoms with van der Waals surface area (Å²) in [6.07, 6.45) is 5.46.